The lowest BCUT2D eigenvalue weighted by molar-refractivity contribution is 0.187. The molecule has 0 atom stereocenters. The fraction of sp³-hybridized carbons (Fsp3) is 0.455. The Morgan fingerprint density at radius 3 is 2.31 bits per heavy atom. The van der Waals surface area contributed by atoms with Crippen molar-refractivity contribution in [3.05, 3.63) is 27.2 Å². The summed E-state index contributed by atoms with van der Waals surface area (Å²) in [4.78, 5) is 23.0. The maximum absolute atomic E-state index is 11.9. The average molecular weight is 224 g/mol. The zero-order valence-electron chi connectivity index (χ0n) is 10.2. The van der Waals surface area contributed by atoms with Gasteiger partial charge in [0.1, 0.15) is 5.69 Å². The molecule has 5 heteroatoms. The van der Waals surface area contributed by atoms with Crippen molar-refractivity contribution in [3.63, 3.8) is 0 Å². The first-order chi connectivity index (χ1) is 7.40. The highest BCUT2D eigenvalue weighted by Crippen LogP contribution is 2.17. The van der Waals surface area contributed by atoms with Gasteiger partial charge in [0.15, 0.2) is 0 Å². The number of carbonyl (C=O) groups is 1. The van der Waals surface area contributed by atoms with Gasteiger partial charge in [-0.25, -0.2) is 4.79 Å². The number of hydrogen-bond donors (Lipinski definition) is 1. The molecule has 0 fully saturated rings. The second-order valence-corrected chi connectivity index (χ2v) is 3.69. The van der Waals surface area contributed by atoms with Crippen molar-refractivity contribution in [2.75, 3.05) is 12.4 Å². The third kappa shape index (κ3) is 1.93. The first kappa shape index (κ1) is 12.3. The molecule has 1 aromatic heterocycles. The highest BCUT2D eigenvalue weighted by Gasteiger charge is 2.14. The summed E-state index contributed by atoms with van der Waals surface area (Å²) in [7, 11) is 2.93. The van der Waals surface area contributed by atoms with Crippen LogP contribution < -0.4 is 10.9 Å². The second-order valence-electron chi connectivity index (χ2n) is 3.69. The minimum atomic E-state index is -0.636. The highest BCUT2D eigenvalue weighted by molar-refractivity contribution is 5.85. The van der Waals surface area contributed by atoms with Gasteiger partial charge in [-0.1, -0.05) is 0 Å². The van der Waals surface area contributed by atoms with Gasteiger partial charge in [-0.15, -0.1) is 0 Å². The second kappa shape index (κ2) is 4.38. The molecule has 5 nitrogen and oxygen atoms in total. The molecule has 0 unspecified atom stereocenters. The molecule has 0 bridgehead atoms. The van der Waals surface area contributed by atoms with Crippen LogP contribution in [0.15, 0.2) is 4.79 Å². The summed E-state index contributed by atoms with van der Waals surface area (Å²) in [5.41, 5.74) is 2.68. The van der Waals surface area contributed by atoms with Crippen LogP contribution in [-0.2, 0) is 11.8 Å². The van der Waals surface area contributed by atoms with E-state index in [4.69, 9.17) is 0 Å². The van der Waals surface area contributed by atoms with Crippen molar-refractivity contribution in [1.29, 1.82) is 0 Å². The third-order valence-electron chi connectivity index (χ3n) is 2.91. The van der Waals surface area contributed by atoms with E-state index in [2.05, 4.69) is 10.1 Å². The summed E-state index contributed by atoms with van der Waals surface area (Å²) < 4.78 is 5.98. The van der Waals surface area contributed by atoms with Gasteiger partial charge in [0.2, 0.25) is 0 Å². The van der Waals surface area contributed by atoms with Gasteiger partial charge in [-0.2, -0.15) is 0 Å². The number of nitrogens with one attached hydrogen (secondary N) is 1. The lowest BCUT2D eigenvalue weighted by Crippen LogP contribution is -2.27. The smallest absolute Gasteiger partial charge is 0.411 e. The molecule has 0 aliphatic carbocycles. The van der Waals surface area contributed by atoms with E-state index in [1.54, 1.807) is 14.0 Å². The van der Waals surface area contributed by atoms with Crippen LogP contribution in [0.2, 0.25) is 0 Å². The first-order valence-corrected chi connectivity index (χ1v) is 4.92. The van der Waals surface area contributed by atoms with Crippen LogP contribution in [0.4, 0.5) is 10.5 Å². The third-order valence-corrected chi connectivity index (χ3v) is 2.91. The normalized spacial score (nSPS) is 10.1. The Balaban J connectivity index is 3.40. The summed E-state index contributed by atoms with van der Waals surface area (Å²) in [6.07, 6.45) is -0.636. The minimum Gasteiger partial charge on any atom is -0.453 e. The van der Waals surface area contributed by atoms with Crippen molar-refractivity contribution in [2.24, 2.45) is 7.05 Å². The number of nitrogens with zero attached hydrogens (tertiary/aromatic N) is 1. The van der Waals surface area contributed by atoms with Gasteiger partial charge >= 0.3 is 6.09 Å². The van der Waals surface area contributed by atoms with E-state index < -0.39 is 6.09 Å². The molecule has 0 aliphatic rings. The number of rotatable bonds is 1. The van der Waals surface area contributed by atoms with Crippen LogP contribution in [-0.4, -0.2) is 17.8 Å². The topological polar surface area (TPSA) is 60.3 Å². The summed E-state index contributed by atoms with van der Waals surface area (Å²) in [6, 6.07) is 0. The molecule has 0 radical (unpaired) electrons. The summed E-state index contributed by atoms with van der Waals surface area (Å²) in [5, 5.41) is 2.44. The predicted molar refractivity (Wildman–Crippen MR) is 61.9 cm³/mol. The number of aromatic nitrogens is 1. The lowest BCUT2D eigenvalue weighted by atomic mass is 10.1. The molecular formula is C11H16N2O3. The van der Waals surface area contributed by atoms with Gasteiger partial charge in [-0.05, 0) is 31.9 Å². The Hall–Kier alpha value is -1.78. The number of hydrogen-bond acceptors (Lipinski definition) is 3. The van der Waals surface area contributed by atoms with Crippen molar-refractivity contribution in [2.45, 2.75) is 20.8 Å². The van der Waals surface area contributed by atoms with E-state index in [0.29, 0.717) is 0 Å². The number of amides is 1. The van der Waals surface area contributed by atoms with Crippen LogP contribution in [0.25, 0.3) is 0 Å². The van der Waals surface area contributed by atoms with Crippen LogP contribution in [0.1, 0.15) is 16.8 Å². The molecule has 1 heterocycles. The quantitative estimate of drug-likeness (QED) is 0.786. The van der Waals surface area contributed by atoms with Crippen LogP contribution >= 0.6 is 0 Å². The lowest BCUT2D eigenvalue weighted by Gasteiger charge is -2.14. The Labute approximate surface area is 94.0 Å². The molecule has 0 spiro atoms. The van der Waals surface area contributed by atoms with Crippen LogP contribution in [0, 0.1) is 20.8 Å². The molecule has 1 amide bonds. The summed E-state index contributed by atoms with van der Waals surface area (Å²) >= 11 is 0. The maximum atomic E-state index is 11.9. The minimum absolute atomic E-state index is 0.231. The molecule has 88 valence electrons. The van der Waals surface area contributed by atoms with Gasteiger partial charge in [0.25, 0.3) is 5.56 Å². The zero-order chi connectivity index (χ0) is 12.5. The van der Waals surface area contributed by atoms with Crippen LogP contribution in [0.3, 0.4) is 0 Å². The predicted octanol–water partition coefficient (Wildman–Crippen LogP) is 1.49. The van der Waals surface area contributed by atoms with E-state index in [-0.39, 0.29) is 11.2 Å². The number of ether oxygens (including phenoxy) is 1. The first-order valence-electron chi connectivity index (χ1n) is 4.92. The van der Waals surface area contributed by atoms with Crippen molar-refractivity contribution in [3.8, 4) is 0 Å². The van der Waals surface area contributed by atoms with Gasteiger partial charge in [0.05, 0.1) is 7.11 Å². The average Bonchev–Trinajstić information content (AvgIpc) is 2.29. The Bertz CT molecular complexity index is 489. The van der Waals surface area contributed by atoms with E-state index in [9.17, 15) is 9.59 Å². The van der Waals surface area contributed by atoms with Gasteiger partial charge in [-0.3, -0.25) is 10.1 Å². The monoisotopic (exact) mass is 224 g/mol. The fourth-order valence-corrected chi connectivity index (χ4v) is 1.49. The maximum Gasteiger partial charge on any atom is 0.411 e. The van der Waals surface area contributed by atoms with Gasteiger partial charge < -0.3 is 9.30 Å². The van der Waals surface area contributed by atoms with E-state index >= 15 is 0 Å². The fourth-order valence-electron chi connectivity index (χ4n) is 1.49. The van der Waals surface area contributed by atoms with Crippen LogP contribution in [0.5, 0.6) is 0 Å². The van der Waals surface area contributed by atoms with Gasteiger partial charge in [0, 0.05) is 12.7 Å². The zero-order valence-corrected chi connectivity index (χ0v) is 10.2. The van der Waals surface area contributed by atoms with Crippen molar-refractivity contribution < 1.29 is 9.53 Å². The largest absolute Gasteiger partial charge is 0.453 e. The van der Waals surface area contributed by atoms with E-state index in [0.717, 1.165) is 16.8 Å². The molecule has 0 aromatic carbocycles. The summed E-state index contributed by atoms with van der Waals surface area (Å²) in [5.74, 6) is 0. The molecule has 0 aliphatic heterocycles. The summed E-state index contributed by atoms with van der Waals surface area (Å²) in [6.45, 7) is 5.58. The molecule has 1 N–H and O–H groups in total. The number of anilines is 1. The number of carbonyl (C=O) groups excluding carboxylic acids is 1. The molecule has 0 saturated carbocycles. The number of methoxy groups -OCH3 is 1. The molecule has 0 saturated heterocycles. The van der Waals surface area contributed by atoms with Crippen molar-refractivity contribution in [1.82, 2.24) is 4.57 Å². The number of pyridine rings is 1. The van der Waals surface area contributed by atoms with E-state index in [1.165, 1.54) is 11.7 Å². The molecule has 1 aromatic rings. The SMILES string of the molecule is COC(=O)Nc1c(C)c(C)c(C)n(C)c1=O. The Morgan fingerprint density at radius 2 is 1.81 bits per heavy atom. The van der Waals surface area contributed by atoms with E-state index in [1.807, 2.05) is 13.8 Å². The standard InChI is InChI=1S/C11H16N2O3/c1-6-7(2)9(12-11(15)16-5)10(14)13(4)8(6)3/h1-5H3,(H,12,15). The molecular weight excluding hydrogens is 208 g/mol. The Kier molecular flexibility index (Phi) is 3.37. The highest BCUT2D eigenvalue weighted by atomic mass is 16.5. The van der Waals surface area contributed by atoms with Crippen molar-refractivity contribution >= 4 is 11.8 Å². The Morgan fingerprint density at radius 1 is 1.25 bits per heavy atom. The molecule has 16 heavy (non-hydrogen) atoms. The molecule has 1 rings (SSSR count).